The van der Waals surface area contributed by atoms with Crippen LogP contribution in [0.25, 0.3) is 0 Å². The quantitative estimate of drug-likeness (QED) is 0.573. The summed E-state index contributed by atoms with van der Waals surface area (Å²) < 4.78 is 0. The number of carbonyl (C=O) groups excluding carboxylic acids is 2. The second-order valence-corrected chi connectivity index (χ2v) is 5.15. The van der Waals surface area contributed by atoms with E-state index in [0.29, 0.717) is 6.42 Å². The smallest absolute Gasteiger partial charge is 0.325 e. The molecule has 0 saturated carbocycles. The van der Waals surface area contributed by atoms with Gasteiger partial charge in [-0.2, -0.15) is 0 Å². The molecule has 3 amide bonds. The van der Waals surface area contributed by atoms with Gasteiger partial charge in [-0.05, 0) is 20.3 Å². The maximum Gasteiger partial charge on any atom is 0.325 e. The van der Waals surface area contributed by atoms with Gasteiger partial charge in [-0.25, -0.2) is 4.79 Å². The van der Waals surface area contributed by atoms with Gasteiger partial charge < -0.3 is 15.7 Å². The van der Waals surface area contributed by atoms with Gasteiger partial charge in [0.05, 0.1) is 0 Å². The van der Waals surface area contributed by atoms with Crippen LogP contribution >= 0.6 is 0 Å². The fourth-order valence-corrected chi connectivity index (χ4v) is 1.97. The minimum Gasteiger partial charge on any atom is -0.480 e. The molecule has 0 radical (unpaired) electrons. The molecule has 0 bridgehead atoms. The molecule has 108 valence electrons. The Labute approximate surface area is 112 Å². The van der Waals surface area contributed by atoms with Crippen molar-refractivity contribution >= 4 is 17.9 Å². The van der Waals surface area contributed by atoms with E-state index in [0.717, 1.165) is 11.3 Å². The molecule has 1 unspecified atom stereocenters. The lowest BCUT2D eigenvalue weighted by molar-refractivity contribution is -0.139. The van der Waals surface area contributed by atoms with Crippen LogP contribution in [0.2, 0.25) is 0 Å². The van der Waals surface area contributed by atoms with Crippen molar-refractivity contribution in [1.29, 1.82) is 0 Å². The Kier molecular flexibility index (Phi) is 4.88. The predicted molar refractivity (Wildman–Crippen MR) is 68.7 cm³/mol. The van der Waals surface area contributed by atoms with Gasteiger partial charge in [0.25, 0.3) is 5.91 Å². The summed E-state index contributed by atoms with van der Waals surface area (Å²) in [7, 11) is 0. The molecule has 1 aliphatic heterocycles. The van der Waals surface area contributed by atoms with Crippen molar-refractivity contribution < 1.29 is 19.5 Å². The van der Waals surface area contributed by atoms with E-state index in [1.807, 2.05) is 6.92 Å². The van der Waals surface area contributed by atoms with Gasteiger partial charge in [0.15, 0.2) is 0 Å². The minimum absolute atomic E-state index is 0.168. The molecule has 0 aliphatic carbocycles. The summed E-state index contributed by atoms with van der Waals surface area (Å²) in [5, 5.41) is 14.4. The van der Waals surface area contributed by atoms with Gasteiger partial charge >= 0.3 is 12.0 Å². The summed E-state index contributed by atoms with van der Waals surface area (Å²) >= 11 is 0. The Morgan fingerprint density at radius 2 is 2.11 bits per heavy atom. The molecular weight excluding hydrogens is 250 g/mol. The monoisotopic (exact) mass is 271 g/mol. The third-order valence-corrected chi connectivity index (χ3v) is 3.05. The van der Waals surface area contributed by atoms with E-state index < -0.39 is 23.6 Å². The zero-order valence-electron chi connectivity index (χ0n) is 11.5. The van der Waals surface area contributed by atoms with Gasteiger partial charge in [-0.1, -0.05) is 13.3 Å². The Morgan fingerprint density at radius 3 is 2.53 bits per heavy atom. The first-order valence-corrected chi connectivity index (χ1v) is 6.40. The van der Waals surface area contributed by atoms with Crippen molar-refractivity contribution in [3.05, 3.63) is 0 Å². The van der Waals surface area contributed by atoms with Gasteiger partial charge in [-0.15, -0.1) is 0 Å². The molecule has 1 rings (SSSR count). The number of aliphatic carboxylic acids is 1. The standard InChI is InChI=1S/C12H21N3O4/c1-4-5-8(9(16)17)13-6-7-15-10(18)12(2,3)14-11(15)19/h8,13H,4-7H2,1-3H3,(H,14,19)(H,16,17). The normalized spacial score (nSPS) is 19.4. The first kappa shape index (κ1) is 15.4. The number of urea groups is 1. The van der Waals surface area contributed by atoms with Gasteiger partial charge in [-0.3, -0.25) is 14.5 Å². The fraction of sp³-hybridized carbons (Fsp3) is 0.750. The van der Waals surface area contributed by atoms with Crippen molar-refractivity contribution in [3.8, 4) is 0 Å². The highest BCUT2D eigenvalue weighted by atomic mass is 16.4. The van der Waals surface area contributed by atoms with Crippen LogP contribution < -0.4 is 10.6 Å². The lowest BCUT2D eigenvalue weighted by Gasteiger charge is -2.18. The molecule has 1 fully saturated rings. The van der Waals surface area contributed by atoms with Crippen LogP contribution in [0.15, 0.2) is 0 Å². The molecule has 1 atom stereocenters. The summed E-state index contributed by atoms with van der Waals surface area (Å²) in [6.07, 6.45) is 1.26. The lowest BCUT2D eigenvalue weighted by Crippen LogP contribution is -2.44. The number of nitrogens with zero attached hydrogens (tertiary/aromatic N) is 1. The number of hydrogen-bond donors (Lipinski definition) is 3. The summed E-state index contributed by atoms with van der Waals surface area (Å²) in [6, 6.07) is -1.07. The van der Waals surface area contributed by atoms with E-state index in [2.05, 4.69) is 10.6 Å². The van der Waals surface area contributed by atoms with E-state index in [9.17, 15) is 14.4 Å². The van der Waals surface area contributed by atoms with E-state index in [1.165, 1.54) is 0 Å². The maximum atomic E-state index is 11.9. The summed E-state index contributed by atoms with van der Waals surface area (Å²) in [5.41, 5.74) is -0.882. The van der Waals surface area contributed by atoms with Crippen LogP contribution in [0.1, 0.15) is 33.6 Å². The second-order valence-electron chi connectivity index (χ2n) is 5.15. The zero-order chi connectivity index (χ0) is 14.6. The Hall–Kier alpha value is -1.63. The van der Waals surface area contributed by atoms with Crippen molar-refractivity contribution in [1.82, 2.24) is 15.5 Å². The number of amides is 3. The van der Waals surface area contributed by atoms with E-state index in [4.69, 9.17) is 5.11 Å². The molecule has 0 aromatic heterocycles. The fourth-order valence-electron chi connectivity index (χ4n) is 1.97. The first-order valence-electron chi connectivity index (χ1n) is 6.40. The second kappa shape index (κ2) is 6.01. The number of rotatable bonds is 7. The zero-order valence-corrected chi connectivity index (χ0v) is 11.5. The molecule has 7 heteroatoms. The van der Waals surface area contributed by atoms with Crippen molar-refractivity contribution in [2.75, 3.05) is 13.1 Å². The largest absolute Gasteiger partial charge is 0.480 e. The minimum atomic E-state index is -0.917. The molecule has 0 spiro atoms. The first-order chi connectivity index (χ1) is 8.79. The SMILES string of the molecule is CCCC(NCCN1C(=O)NC(C)(C)C1=O)C(=O)O. The Bertz CT molecular complexity index is 381. The summed E-state index contributed by atoms with van der Waals surface area (Å²) in [6.45, 7) is 5.61. The lowest BCUT2D eigenvalue weighted by atomic mass is 10.1. The van der Waals surface area contributed by atoms with Crippen LogP contribution in [0, 0.1) is 0 Å². The summed E-state index contributed by atoms with van der Waals surface area (Å²) in [5.74, 6) is -1.21. The van der Waals surface area contributed by atoms with Crippen LogP contribution in [0.4, 0.5) is 4.79 Å². The third-order valence-electron chi connectivity index (χ3n) is 3.05. The van der Waals surface area contributed by atoms with E-state index in [-0.39, 0.29) is 19.0 Å². The number of carbonyl (C=O) groups is 3. The Morgan fingerprint density at radius 1 is 1.47 bits per heavy atom. The van der Waals surface area contributed by atoms with Gasteiger partial charge in [0.1, 0.15) is 11.6 Å². The predicted octanol–water partition coefficient (Wildman–Crippen LogP) is 0.160. The van der Waals surface area contributed by atoms with Crippen LogP contribution in [-0.2, 0) is 9.59 Å². The number of hydrogen-bond acceptors (Lipinski definition) is 4. The van der Waals surface area contributed by atoms with Crippen molar-refractivity contribution in [3.63, 3.8) is 0 Å². The number of carboxylic acids is 1. The van der Waals surface area contributed by atoms with Crippen LogP contribution in [0.5, 0.6) is 0 Å². The summed E-state index contributed by atoms with van der Waals surface area (Å²) in [4.78, 5) is 35.5. The number of nitrogens with one attached hydrogen (secondary N) is 2. The maximum absolute atomic E-state index is 11.9. The van der Waals surface area contributed by atoms with E-state index >= 15 is 0 Å². The average Bonchev–Trinajstić information content (AvgIpc) is 2.49. The molecule has 3 N–H and O–H groups in total. The molecule has 19 heavy (non-hydrogen) atoms. The number of carboxylic acid groups (broad SMARTS) is 1. The highest BCUT2D eigenvalue weighted by Gasteiger charge is 2.43. The molecule has 1 aliphatic rings. The average molecular weight is 271 g/mol. The molecule has 0 aromatic carbocycles. The van der Waals surface area contributed by atoms with Crippen molar-refractivity contribution in [2.24, 2.45) is 0 Å². The molecule has 0 aromatic rings. The van der Waals surface area contributed by atoms with Crippen molar-refractivity contribution in [2.45, 2.75) is 45.2 Å². The molecule has 1 heterocycles. The third kappa shape index (κ3) is 3.66. The molecular formula is C12H21N3O4. The van der Waals surface area contributed by atoms with Gasteiger partial charge in [0, 0.05) is 13.1 Å². The van der Waals surface area contributed by atoms with E-state index in [1.54, 1.807) is 13.8 Å². The Balaban J connectivity index is 2.47. The number of imide groups is 1. The van der Waals surface area contributed by atoms with Crippen LogP contribution in [-0.4, -0.2) is 52.6 Å². The molecule has 7 nitrogen and oxygen atoms in total. The topological polar surface area (TPSA) is 98.7 Å². The highest BCUT2D eigenvalue weighted by Crippen LogP contribution is 2.15. The highest BCUT2D eigenvalue weighted by molar-refractivity contribution is 6.06. The molecule has 1 saturated heterocycles. The van der Waals surface area contributed by atoms with Crippen LogP contribution in [0.3, 0.4) is 0 Å². The van der Waals surface area contributed by atoms with Gasteiger partial charge in [0.2, 0.25) is 0 Å².